The highest BCUT2D eigenvalue weighted by molar-refractivity contribution is 7.52. The topological polar surface area (TPSA) is 165 Å². The largest absolute Gasteiger partial charge is 0.504 e. The molecule has 3 aromatic carbocycles. The molecule has 0 saturated carbocycles. The molecular formula is C38H49N4O6P. The first kappa shape index (κ1) is 34.7. The number of benzene rings is 3. The average Bonchev–Trinajstić information content (AvgIpc) is 3.43. The van der Waals surface area contributed by atoms with Crippen molar-refractivity contribution >= 4 is 19.8 Å². The van der Waals surface area contributed by atoms with Crippen LogP contribution in [-0.2, 0) is 16.2 Å². The fourth-order valence-corrected chi connectivity index (χ4v) is 9.52. The van der Waals surface area contributed by atoms with Crippen LogP contribution >= 0.6 is 8.15 Å². The second kappa shape index (κ2) is 11.7. The van der Waals surface area contributed by atoms with Gasteiger partial charge in [-0.25, -0.2) is 0 Å². The first-order valence-corrected chi connectivity index (χ1v) is 19.0. The molecule has 1 heterocycles. The van der Waals surface area contributed by atoms with Crippen LogP contribution in [-0.4, -0.2) is 40.0 Å². The Morgan fingerprint density at radius 3 is 1.69 bits per heavy atom. The van der Waals surface area contributed by atoms with Crippen molar-refractivity contribution < 1.29 is 29.5 Å². The Bertz CT molecular complexity index is 1940. The van der Waals surface area contributed by atoms with Crippen LogP contribution in [0.25, 0.3) is 0 Å². The summed E-state index contributed by atoms with van der Waals surface area (Å²) in [5.74, 6) is 2.11. The third kappa shape index (κ3) is 4.84. The molecule has 0 saturated heterocycles. The van der Waals surface area contributed by atoms with Crippen LogP contribution in [0.2, 0.25) is 0 Å². The molecule has 49 heavy (non-hydrogen) atoms. The van der Waals surface area contributed by atoms with Crippen LogP contribution in [0.1, 0.15) is 131 Å². The number of phenols is 1. The third-order valence-corrected chi connectivity index (χ3v) is 12.6. The van der Waals surface area contributed by atoms with Crippen molar-refractivity contribution in [3.05, 3.63) is 68.8 Å². The quantitative estimate of drug-likeness (QED) is 0.0456. The Balaban J connectivity index is 0.00000205. The van der Waals surface area contributed by atoms with Crippen molar-refractivity contribution in [1.82, 2.24) is 0 Å². The van der Waals surface area contributed by atoms with E-state index >= 15 is 0 Å². The fourth-order valence-electron chi connectivity index (χ4n) is 8.91. The number of nitrogens with two attached hydrogens (primary N) is 2. The first-order valence-electron chi connectivity index (χ1n) is 17.1. The summed E-state index contributed by atoms with van der Waals surface area (Å²) in [5.41, 5.74) is 18.8. The van der Waals surface area contributed by atoms with Crippen molar-refractivity contribution in [2.24, 2.45) is 21.8 Å². The number of nitrogens with zero attached hydrogens (tertiary/aromatic N) is 2. The lowest BCUT2D eigenvalue weighted by Gasteiger charge is -2.41. The minimum absolute atomic E-state index is 0.0465. The zero-order chi connectivity index (χ0) is 36.0. The Labute approximate surface area is 290 Å². The molecule has 1 aliphatic heterocycles. The van der Waals surface area contributed by atoms with Gasteiger partial charge in [0.05, 0.1) is 19.3 Å². The molecule has 4 aliphatic rings. The highest BCUT2D eigenvalue weighted by Crippen LogP contribution is 2.66. The van der Waals surface area contributed by atoms with Crippen LogP contribution < -0.4 is 25.5 Å². The van der Waals surface area contributed by atoms with Crippen LogP contribution in [0.15, 0.2) is 34.6 Å². The Morgan fingerprint density at radius 1 is 0.816 bits per heavy atom. The van der Waals surface area contributed by atoms with E-state index in [1.807, 2.05) is 32.0 Å². The van der Waals surface area contributed by atoms with Gasteiger partial charge in [0.25, 0.3) is 0 Å². The molecule has 7 rings (SSSR count). The number of amidine groups is 2. The average molecular weight is 689 g/mol. The molecule has 4 unspecified atom stereocenters. The predicted molar refractivity (Wildman–Crippen MR) is 194 cm³/mol. The number of ether oxygens (including phenoxy) is 2. The summed E-state index contributed by atoms with van der Waals surface area (Å²) in [6.07, 6.45) is 2.56. The van der Waals surface area contributed by atoms with Gasteiger partial charge in [-0.3, -0.25) is 0 Å². The fraction of sp³-hybridized carbons (Fsp3) is 0.474. The lowest BCUT2D eigenvalue weighted by Crippen LogP contribution is -2.32. The van der Waals surface area contributed by atoms with Crippen LogP contribution in [0.5, 0.6) is 34.5 Å². The van der Waals surface area contributed by atoms with Crippen LogP contribution in [0.4, 0.5) is 0 Å². The number of phenolic OH excluding ortho intramolecular Hbond substituents is 1. The molecule has 0 amide bonds. The minimum Gasteiger partial charge on any atom is -0.504 e. The summed E-state index contributed by atoms with van der Waals surface area (Å²) in [5, 5.41) is 37.5. The number of hydrogen-bond acceptors (Lipinski definition) is 8. The summed E-state index contributed by atoms with van der Waals surface area (Å²) in [7, 11) is -0.687. The summed E-state index contributed by atoms with van der Waals surface area (Å²) >= 11 is 0. The number of oxime groups is 2. The van der Waals surface area contributed by atoms with E-state index in [2.05, 4.69) is 71.5 Å². The van der Waals surface area contributed by atoms with E-state index in [0.717, 1.165) is 46.8 Å². The van der Waals surface area contributed by atoms with Gasteiger partial charge in [0.2, 0.25) is 0 Å². The van der Waals surface area contributed by atoms with Crippen molar-refractivity contribution in [2.45, 2.75) is 103 Å². The summed E-state index contributed by atoms with van der Waals surface area (Å²) < 4.78 is 19.5. The van der Waals surface area contributed by atoms with Gasteiger partial charge in [-0.2, -0.15) is 0 Å². The van der Waals surface area contributed by atoms with Gasteiger partial charge in [0.1, 0.15) is 0 Å². The normalized spacial score (nSPS) is 24.1. The molecule has 3 aromatic rings. The van der Waals surface area contributed by atoms with Gasteiger partial charge in [-0.05, 0) is 106 Å². The van der Waals surface area contributed by atoms with Gasteiger partial charge < -0.3 is 41.0 Å². The molecule has 11 heteroatoms. The molecule has 0 radical (unpaired) electrons. The Morgan fingerprint density at radius 2 is 1.24 bits per heavy atom. The van der Waals surface area contributed by atoms with Crippen molar-refractivity contribution in [3.63, 3.8) is 0 Å². The zero-order valence-electron chi connectivity index (χ0n) is 30.1. The maximum absolute atomic E-state index is 11.3. The predicted octanol–water partition coefficient (Wildman–Crippen LogP) is 8.80. The summed E-state index contributed by atoms with van der Waals surface area (Å²) in [4.78, 5) is 0. The van der Waals surface area contributed by atoms with E-state index in [-0.39, 0.29) is 51.6 Å². The van der Waals surface area contributed by atoms with Crippen molar-refractivity contribution in [2.75, 3.05) is 12.8 Å². The molecule has 3 aliphatic carbocycles. The maximum Gasteiger partial charge on any atom is 0.182 e. The van der Waals surface area contributed by atoms with E-state index < -0.39 is 13.6 Å². The monoisotopic (exact) mass is 688 g/mol. The first-order chi connectivity index (χ1) is 23.1. The zero-order valence-corrected chi connectivity index (χ0v) is 31.0. The van der Waals surface area contributed by atoms with Crippen molar-refractivity contribution in [3.8, 4) is 34.5 Å². The Hall–Kier alpha value is -4.17. The van der Waals surface area contributed by atoms with Gasteiger partial charge in [-0.15, -0.1) is 0 Å². The van der Waals surface area contributed by atoms with E-state index in [0.29, 0.717) is 28.4 Å². The van der Waals surface area contributed by atoms with E-state index in [1.165, 1.54) is 5.56 Å². The molecule has 10 nitrogen and oxygen atoms in total. The highest BCUT2D eigenvalue weighted by atomic mass is 31.1. The van der Waals surface area contributed by atoms with Crippen LogP contribution in [0, 0.1) is 0 Å². The summed E-state index contributed by atoms with van der Waals surface area (Å²) in [6.45, 7) is 21.3. The molecule has 262 valence electrons. The second-order valence-electron chi connectivity index (χ2n) is 14.9. The van der Waals surface area contributed by atoms with E-state index in [9.17, 15) is 15.5 Å². The smallest absolute Gasteiger partial charge is 0.182 e. The molecule has 4 atom stereocenters. The number of hydrogen-bond donors (Lipinski definition) is 5. The highest BCUT2D eigenvalue weighted by Gasteiger charge is 2.57. The van der Waals surface area contributed by atoms with E-state index in [1.54, 1.807) is 0 Å². The second-order valence-corrected chi connectivity index (χ2v) is 17.0. The molecule has 1 spiro atoms. The van der Waals surface area contributed by atoms with Gasteiger partial charge in [-0.1, -0.05) is 72.6 Å². The van der Waals surface area contributed by atoms with Gasteiger partial charge >= 0.3 is 0 Å². The van der Waals surface area contributed by atoms with Crippen molar-refractivity contribution in [1.29, 1.82) is 0 Å². The lowest BCUT2D eigenvalue weighted by molar-refractivity contribution is 0.316. The van der Waals surface area contributed by atoms with Gasteiger partial charge in [0, 0.05) is 5.41 Å². The molecular weight excluding hydrogens is 639 g/mol. The molecule has 0 bridgehead atoms. The minimum atomic E-state index is -0.687. The number of fused-ring (bicyclic) bond motifs is 7. The van der Waals surface area contributed by atoms with Gasteiger partial charge in [0.15, 0.2) is 46.2 Å². The number of rotatable bonds is 5. The number of aromatic hydroxyl groups is 1. The third-order valence-electron chi connectivity index (χ3n) is 11.2. The molecule has 0 aromatic heterocycles. The molecule has 7 N–H and O–H groups in total. The standard InChI is InChI=1S/C36H43N4O6P.C2H6/c1-9-47(8)46-23-11-18-20(10-22(23)41)36(14-34(18,4)5)15-35(6,7)19-12-24-25(13-21(19)36)45-31-29(33(38)40-43)27-17(3)16(2)26(27)28(30(31)44-24)32(37)39-42;1-2/h10-13,16-17,41-43H,9,14-15H2,1-8H3,(H2,37,39)(H2,38,40);1-2H3. The lowest BCUT2D eigenvalue weighted by atomic mass is 9.65. The maximum atomic E-state index is 11.3. The molecule has 0 fully saturated rings. The Kier molecular flexibility index (Phi) is 8.30. The van der Waals surface area contributed by atoms with E-state index in [4.69, 9.17) is 25.5 Å². The van der Waals surface area contributed by atoms with Crippen LogP contribution in [0.3, 0.4) is 0 Å². The SMILES string of the molecule is CC.CCP(C)Oc1cc2c(cc1O)C1(CC2(C)C)CC(C)(C)c2cc3c(cc21)Oc1c(c(/C(N)=N/O)c2c(c1/C(N)=N/O)C(C)C2C)O3. The summed E-state index contributed by atoms with van der Waals surface area (Å²) in [6, 6.07) is 8.06.